The highest BCUT2D eigenvalue weighted by Gasteiger charge is 2.14. The molecule has 1 unspecified atom stereocenters. The van der Waals surface area contributed by atoms with Crippen LogP contribution in [0.15, 0.2) is 54.9 Å². The predicted octanol–water partition coefficient (Wildman–Crippen LogP) is 3.08. The van der Waals surface area contributed by atoms with E-state index in [0.29, 0.717) is 0 Å². The molecule has 2 aromatic heterocycles. The van der Waals surface area contributed by atoms with Crippen LogP contribution in [0.5, 0.6) is 0 Å². The molecule has 3 nitrogen and oxygen atoms in total. The summed E-state index contributed by atoms with van der Waals surface area (Å²) in [4.78, 5) is 8.51. The molecule has 0 saturated carbocycles. The summed E-state index contributed by atoms with van der Waals surface area (Å²) in [6, 6.07) is 13.1. The van der Waals surface area contributed by atoms with Gasteiger partial charge in [0.25, 0.3) is 0 Å². The van der Waals surface area contributed by atoms with Gasteiger partial charge in [0.05, 0.1) is 23.4 Å². The first-order chi connectivity index (χ1) is 9.78. The molecule has 0 aliphatic rings. The molecule has 0 aliphatic heterocycles. The Hall–Kier alpha value is -2.33. The monoisotopic (exact) mass is 267 g/mol. The normalized spacial score (nSPS) is 12.5. The molecule has 0 radical (unpaired) electrons. The van der Waals surface area contributed by atoms with Gasteiger partial charge in [0.2, 0.25) is 0 Å². The zero-order chi connectivity index (χ0) is 13.9. The summed E-state index contributed by atoms with van der Waals surface area (Å²) < 4.78 is 13.0. The maximum Gasteiger partial charge on any atom is 0.141 e. The van der Waals surface area contributed by atoms with E-state index in [0.717, 1.165) is 22.2 Å². The lowest BCUT2D eigenvalue weighted by molar-refractivity contribution is 0.610. The zero-order valence-corrected chi connectivity index (χ0v) is 11.0. The van der Waals surface area contributed by atoms with Crippen molar-refractivity contribution in [2.45, 2.75) is 6.04 Å². The molecule has 0 aliphatic carbocycles. The Morgan fingerprint density at radius 3 is 2.75 bits per heavy atom. The highest BCUT2D eigenvalue weighted by molar-refractivity contribution is 5.79. The average molecular weight is 267 g/mol. The van der Waals surface area contributed by atoms with E-state index in [1.807, 2.05) is 37.4 Å². The van der Waals surface area contributed by atoms with Gasteiger partial charge in [0, 0.05) is 11.6 Å². The number of pyridine rings is 2. The molecule has 100 valence electrons. The summed E-state index contributed by atoms with van der Waals surface area (Å²) in [5, 5.41) is 4.30. The fraction of sp³-hybridized carbons (Fsp3) is 0.125. The van der Waals surface area contributed by atoms with Crippen molar-refractivity contribution in [1.82, 2.24) is 15.3 Å². The van der Waals surface area contributed by atoms with Gasteiger partial charge in [-0.05, 0) is 36.9 Å². The first-order valence-electron chi connectivity index (χ1n) is 6.41. The molecule has 0 spiro atoms. The molecule has 1 aromatic carbocycles. The van der Waals surface area contributed by atoms with E-state index < -0.39 is 0 Å². The van der Waals surface area contributed by atoms with Crippen molar-refractivity contribution in [3.8, 4) is 0 Å². The Balaban J connectivity index is 2.04. The third kappa shape index (κ3) is 2.38. The van der Waals surface area contributed by atoms with E-state index in [2.05, 4.69) is 15.3 Å². The van der Waals surface area contributed by atoms with Crippen LogP contribution >= 0.6 is 0 Å². The van der Waals surface area contributed by atoms with Crippen LogP contribution < -0.4 is 5.32 Å². The smallest absolute Gasteiger partial charge is 0.141 e. The molecule has 0 amide bonds. The van der Waals surface area contributed by atoms with E-state index >= 15 is 0 Å². The summed E-state index contributed by atoms with van der Waals surface area (Å²) in [6.45, 7) is 0. The SMILES string of the molecule is CNC(c1ccc2cccnc2c1)c1ccc(F)cn1. The molecule has 20 heavy (non-hydrogen) atoms. The van der Waals surface area contributed by atoms with E-state index in [4.69, 9.17) is 0 Å². The Kier molecular flexibility index (Phi) is 3.39. The van der Waals surface area contributed by atoms with Crippen LogP contribution in [0.1, 0.15) is 17.3 Å². The van der Waals surface area contributed by atoms with Crippen molar-refractivity contribution < 1.29 is 4.39 Å². The molecule has 1 atom stereocenters. The molecular formula is C16H14FN3. The lowest BCUT2D eigenvalue weighted by Crippen LogP contribution is -2.18. The molecule has 0 saturated heterocycles. The van der Waals surface area contributed by atoms with E-state index in [-0.39, 0.29) is 11.9 Å². The van der Waals surface area contributed by atoms with Gasteiger partial charge >= 0.3 is 0 Å². The summed E-state index contributed by atoms with van der Waals surface area (Å²) in [5.74, 6) is -0.330. The number of hydrogen-bond acceptors (Lipinski definition) is 3. The van der Waals surface area contributed by atoms with E-state index in [9.17, 15) is 4.39 Å². The van der Waals surface area contributed by atoms with Crippen molar-refractivity contribution in [1.29, 1.82) is 0 Å². The van der Waals surface area contributed by atoms with Crippen molar-refractivity contribution >= 4 is 10.9 Å². The van der Waals surface area contributed by atoms with Crippen molar-refractivity contribution in [3.63, 3.8) is 0 Å². The summed E-state index contributed by atoms with van der Waals surface area (Å²) in [7, 11) is 1.86. The molecule has 1 N–H and O–H groups in total. The number of hydrogen-bond donors (Lipinski definition) is 1. The lowest BCUT2D eigenvalue weighted by atomic mass is 10.0. The largest absolute Gasteiger partial charge is 0.308 e. The first kappa shape index (κ1) is 12.7. The number of nitrogens with zero attached hydrogens (tertiary/aromatic N) is 2. The second-order valence-electron chi connectivity index (χ2n) is 4.58. The van der Waals surface area contributed by atoms with Gasteiger partial charge in [-0.1, -0.05) is 18.2 Å². The summed E-state index contributed by atoms with van der Waals surface area (Å²) in [5.41, 5.74) is 2.77. The Bertz CT molecular complexity index is 725. The molecule has 4 heteroatoms. The lowest BCUT2D eigenvalue weighted by Gasteiger charge is -2.16. The molecule has 0 fully saturated rings. The summed E-state index contributed by atoms with van der Waals surface area (Å²) in [6.07, 6.45) is 3.01. The standard InChI is InChI=1S/C16H14FN3/c1-18-16(14-7-6-13(17)10-20-14)12-5-4-11-3-2-8-19-15(11)9-12/h2-10,16,18H,1H3. The minimum absolute atomic E-state index is 0.0815. The molecule has 3 aromatic rings. The van der Waals surface area contributed by atoms with Crippen LogP contribution in [0, 0.1) is 5.82 Å². The molecular weight excluding hydrogens is 253 g/mol. The maximum atomic E-state index is 13.0. The number of benzene rings is 1. The zero-order valence-electron chi connectivity index (χ0n) is 11.0. The van der Waals surface area contributed by atoms with Gasteiger partial charge in [-0.2, -0.15) is 0 Å². The molecule has 3 rings (SSSR count). The minimum atomic E-state index is -0.330. The maximum absolute atomic E-state index is 13.0. The Morgan fingerprint density at radius 1 is 1.10 bits per heavy atom. The fourth-order valence-electron chi connectivity index (χ4n) is 2.31. The fourth-order valence-corrected chi connectivity index (χ4v) is 2.31. The third-order valence-corrected chi connectivity index (χ3v) is 3.30. The van der Waals surface area contributed by atoms with Gasteiger partial charge in [0.15, 0.2) is 0 Å². The number of rotatable bonds is 3. The number of halogens is 1. The number of fused-ring (bicyclic) bond motifs is 1. The summed E-state index contributed by atoms with van der Waals surface area (Å²) >= 11 is 0. The van der Waals surface area contributed by atoms with Gasteiger partial charge < -0.3 is 5.32 Å². The van der Waals surface area contributed by atoms with Crippen LogP contribution in [0.25, 0.3) is 10.9 Å². The van der Waals surface area contributed by atoms with Crippen molar-refractivity contribution in [2.75, 3.05) is 7.05 Å². The minimum Gasteiger partial charge on any atom is -0.308 e. The molecule has 2 heterocycles. The Morgan fingerprint density at radius 2 is 2.00 bits per heavy atom. The van der Waals surface area contributed by atoms with Crippen LogP contribution in [-0.2, 0) is 0 Å². The van der Waals surface area contributed by atoms with Crippen LogP contribution in [0.4, 0.5) is 4.39 Å². The second kappa shape index (κ2) is 5.35. The van der Waals surface area contributed by atoms with Crippen LogP contribution in [-0.4, -0.2) is 17.0 Å². The number of nitrogens with one attached hydrogen (secondary N) is 1. The third-order valence-electron chi connectivity index (χ3n) is 3.30. The van der Waals surface area contributed by atoms with Gasteiger partial charge in [-0.25, -0.2) is 4.39 Å². The second-order valence-corrected chi connectivity index (χ2v) is 4.58. The van der Waals surface area contributed by atoms with Crippen molar-refractivity contribution in [3.05, 3.63) is 71.9 Å². The van der Waals surface area contributed by atoms with Gasteiger partial charge in [0.1, 0.15) is 5.82 Å². The average Bonchev–Trinajstić information content (AvgIpc) is 2.50. The van der Waals surface area contributed by atoms with E-state index in [1.165, 1.54) is 12.3 Å². The Labute approximate surface area is 116 Å². The van der Waals surface area contributed by atoms with Crippen LogP contribution in [0.3, 0.4) is 0 Å². The molecule has 0 bridgehead atoms. The quantitative estimate of drug-likeness (QED) is 0.792. The first-order valence-corrected chi connectivity index (χ1v) is 6.41. The van der Waals surface area contributed by atoms with Gasteiger partial charge in [-0.3, -0.25) is 9.97 Å². The topological polar surface area (TPSA) is 37.8 Å². The van der Waals surface area contributed by atoms with E-state index in [1.54, 1.807) is 12.3 Å². The van der Waals surface area contributed by atoms with Crippen molar-refractivity contribution in [2.24, 2.45) is 0 Å². The number of aromatic nitrogens is 2. The highest BCUT2D eigenvalue weighted by Crippen LogP contribution is 2.23. The predicted molar refractivity (Wildman–Crippen MR) is 76.8 cm³/mol. The van der Waals surface area contributed by atoms with Gasteiger partial charge in [-0.15, -0.1) is 0 Å². The highest BCUT2D eigenvalue weighted by atomic mass is 19.1. The van der Waals surface area contributed by atoms with Crippen LogP contribution in [0.2, 0.25) is 0 Å².